The van der Waals surface area contributed by atoms with E-state index in [0.29, 0.717) is 19.8 Å². The summed E-state index contributed by atoms with van der Waals surface area (Å²) in [5.74, 6) is -0.0577. The van der Waals surface area contributed by atoms with Crippen LogP contribution in [-0.2, 0) is 18.3 Å². The number of hydrogen-bond acceptors (Lipinski definition) is 5. The zero-order valence-electron chi connectivity index (χ0n) is 8.91. The minimum absolute atomic E-state index is 0.0577. The minimum Gasteiger partial charge on any atom is -0.481 e. The van der Waals surface area contributed by atoms with Crippen LogP contribution in [-0.4, -0.2) is 31.9 Å². The molecule has 0 aliphatic rings. The Morgan fingerprint density at radius 1 is 1.14 bits per heavy atom. The molecule has 0 radical (unpaired) electrons. The molecule has 0 aliphatic carbocycles. The van der Waals surface area contributed by atoms with Gasteiger partial charge in [-0.15, -0.1) is 0 Å². The first kappa shape index (κ1) is 13.6. The summed E-state index contributed by atoms with van der Waals surface area (Å²) in [6.45, 7) is 6.22. The van der Waals surface area contributed by atoms with Gasteiger partial charge in [0.05, 0.1) is 19.8 Å². The van der Waals surface area contributed by atoms with Crippen LogP contribution < -0.4 is 0 Å². The lowest BCUT2D eigenvalue weighted by Gasteiger charge is -2.16. The molecule has 0 saturated heterocycles. The van der Waals surface area contributed by atoms with Gasteiger partial charge in [-0.2, -0.15) is 0 Å². The monoisotopic (exact) mass is 223 g/mol. The van der Waals surface area contributed by atoms with Crippen LogP contribution in [0.1, 0.15) is 20.8 Å². The normalized spacial score (nSPS) is 11.4. The molecule has 1 N–H and O–H groups in total. The van der Waals surface area contributed by atoms with Crippen molar-refractivity contribution in [3.05, 3.63) is 0 Å². The lowest BCUT2D eigenvalue weighted by Crippen LogP contribution is -2.12. The number of nitrogens with one attached hydrogen (secondary N) is 1. The van der Waals surface area contributed by atoms with Gasteiger partial charge in [0.15, 0.2) is 5.90 Å². The van der Waals surface area contributed by atoms with Crippen LogP contribution in [0.3, 0.4) is 0 Å². The SMILES string of the molecule is CCOC(=N)CP(=O)(OCC)OCC. The summed E-state index contributed by atoms with van der Waals surface area (Å²) >= 11 is 0. The van der Waals surface area contributed by atoms with E-state index >= 15 is 0 Å². The topological polar surface area (TPSA) is 68.6 Å². The molecule has 0 rings (SSSR count). The molecule has 0 aromatic carbocycles. The maximum absolute atomic E-state index is 11.8. The first-order valence-corrected chi connectivity index (χ1v) is 6.39. The van der Waals surface area contributed by atoms with Gasteiger partial charge in [0, 0.05) is 0 Å². The lowest BCUT2D eigenvalue weighted by atomic mass is 10.7. The van der Waals surface area contributed by atoms with Crippen molar-refractivity contribution in [2.24, 2.45) is 0 Å². The van der Waals surface area contributed by atoms with Gasteiger partial charge in [0.1, 0.15) is 6.16 Å². The van der Waals surface area contributed by atoms with Crippen LogP contribution in [0.15, 0.2) is 0 Å². The first-order valence-electron chi connectivity index (χ1n) is 4.66. The molecule has 0 aromatic heterocycles. The van der Waals surface area contributed by atoms with Crippen molar-refractivity contribution in [1.29, 1.82) is 5.41 Å². The van der Waals surface area contributed by atoms with E-state index in [1.54, 1.807) is 20.8 Å². The molecule has 5 nitrogen and oxygen atoms in total. The van der Waals surface area contributed by atoms with E-state index in [1.165, 1.54) is 0 Å². The molecule has 0 aliphatic heterocycles. The lowest BCUT2D eigenvalue weighted by molar-refractivity contribution is 0.220. The van der Waals surface area contributed by atoms with Crippen LogP contribution >= 0.6 is 7.60 Å². The van der Waals surface area contributed by atoms with Crippen molar-refractivity contribution in [2.75, 3.05) is 26.0 Å². The predicted molar refractivity (Wildman–Crippen MR) is 55.1 cm³/mol. The van der Waals surface area contributed by atoms with Gasteiger partial charge in [0.25, 0.3) is 0 Å². The zero-order chi connectivity index (χ0) is 11.0. The van der Waals surface area contributed by atoms with E-state index in [1.807, 2.05) is 0 Å². The van der Waals surface area contributed by atoms with Gasteiger partial charge < -0.3 is 13.8 Å². The van der Waals surface area contributed by atoms with Gasteiger partial charge in [-0.3, -0.25) is 9.97 Å². The average Bonchev–Trinajstić information content (AvgIpc) is 2.04. The fourth-order valence-electron chi connectivity index (χ4n) is 0.918. The van der Waals surface area contributed by atoms with Gasteiger partial charge in [0.2, 0.25) is 0 Å². The third-order valence-corrected chi connectivity index (χ3v) is 3.29. The zero-order valence-corrected chi connectivity index (χ0v) is 9.80. The van der Waals surface area contributed by atoms with Crippen LogP contribution in [0, 0.1) is 5.41 Å². The summed E-state index contributed by atoms with van der Waals surface area (Å²) < 4.78 is 26.7. The van der Waals surface area contributed by atoms with Crippen molar-refractivity contribution in [1.82, 2.24) is 0 Å². The fraction of sp³-hybridized carbons (Fsp3) is 0.875. The maximum atomic E-state index is 11.8. The van der Waals surface area contributed by atoms with Crippen molar-refractivity contribution in [3.63, 3.8) is 0 Å². The Bertz CT molecular complexity index is 209. The van der Waals surface area contributed by atoms with E-state index in [2.05, 4.69) is 0 Å². The predicted octanol–water partition coefficient (Wildman–Crippen LogP) is 2.27. The molecular formula is C8H18NO4P. The molecule has 14 heavy (non-hydrogen) atoms. The van der Waals surface area contributed by atoms with Crippen LogP contribution in [0.5, 0.6) is 0 Å². The highest BCUT2D eigenvalue weighted by molar-refractivity contribution is 7.54. The second-order valence-corrected chi connectivity index (χ2v) is 4.52. The molecular weight excluding hydrogens is 205 g/mol. The Morgan fingerprint density at radius 3 is 2.00 bits per heavy atom. The number of rotatable bonds is 7. The average molecular weight is 223 g/mol. The fourth-order valence-corrected chi connectivity index (χ4v) is 2.40. The summed E-state index contributed by atoms with van der Waals surface area (Å²) in [7, 11) is -3.15. The first-order chi connectivity index (χ1) is 6.58. The molecule has 0 aromatic rings. The molecule has 0 saturated carbocycles. The molecule has 0 unspecified atom stereocenters. The highest BCUT2D eigenvalue weighted by atomic mass is 31.2. The summed E-state index contributed by atoms with van der Waals surface area (Å²) in [5, 5.41) is 7.35. The third kappa shape index (κ3) is 5.37. The molecule has 0 atom stereocenters. The Morgan fingerprint density at radius 2 is 1.64 bits per heavy atom. The van der Waals surface area contributed by atoms with E-state index in [4.69, 9.17) is 19.2 Å². The quantitative estimate of drug-likeness (QED) is 0.408. The summed E-state index contributed by atoms with van der Waals surface area (Å²) in [4.78, 5) is 0. The Balaban J connectivity index is 4.21. The van der Waals surface area contributed by atoms with Gasteiger partial charge in [-0.1, -0.05) is 0 Å². The minimum atomic E-state index is -3.15. The second-order valence-electron chi connectivity index (χ2n) is 2.46. The molecule has 0 amide bonds. The Hall–Kier alpha value is -0.380. The van der Waals surface area contributed by atoms with Crippen molar-refractivity contribution >= 4 is 13.5 Å². The Labute approximate surface area is 84.8 Å². The van der Waals surface area contributed by atoms with Gasteiger partial charge in [-0.25, -0.2) is 0 Å². The van der Waals surface area contributed by atoms with E-state index in [-0.39, 0.29) is 12.1 Å². The van der Waals surface area contributed by atoms with Gasteiger partial charge in [-0.05, 0) is 20.8 Å². The summed E-state index contributed by atoms with van der Waals surface area (Å²) in [6.07, 6.45) is -0.0947. The van der Waals surface area contributed by atoms with Gasteiger partial charge >= 0.3 is 7.60 Å². The third-order valence-electron chi connectivity index (χ3n) is 1.31. The molecule has 84 valence electrons. The highest BCUT2D eigenvalue weighted by Crippen LogP contribution is 2.47. The van der Waals surface area contributed by atoms with Crippen LogP contribution in [0.2, 0.25) is 0 Å². The largest absolute Gasteiger partial charge is 0.481 e. The molecule has 0 heterocycles. The molecule has 6 heteroatoms. The summed E-state index contributed by atoms with van der Waals surface area (Å²) in [5.41, 5.74) is 0. The molecule has 0 bridgehead atoms. The van der Waals surface area contributed by atoms with Crippen molar-refractivity contribution in [3.8, 4) is 0 Å². The van der Waals surface area contributed by atoms with E-state index in [0.717, 1.165) is 0 Å². The van der Waals surface area contributed by atoms with Crippen molar-refractivity contribution in [2.45, 2.75) is 20.8 Å². The van der Waals surface area contributed by atoms with E-state index in [9.17, 15) is 4.57 Å². The molecule has 0 fully saturated rings. The number of hydrogen-bond donors (Lipinski definition) is 1. The van der Waals surface area contributed by atoms with Crippen molar-refractivity contribution < 1.29 is 18.3 Å². The second kappa shape index (κ2) is 6.98. The number of ether oxygens (including phenoxy) is 1. The van der Waals surface area contributed by atoms with E-state index < -0.39 is 7.60 Å². The summed E-state index contributed by atoms with van der Waals surface area (Å²) in [6, 6.07) is 0. The highest BCUT2D eigenvalue weighted by Gasteiger charge is 2.26. The Kier molecular flexibility index (Phi) is 6.79. The standard InChI is InChI=1S/C8H18NO4P/c1-4-11-8(9)7-14(10,12-5-2)13-6-3/h9H,4-7H2,1-3H3. The maximum Gasteiger partial charge on any atom is 0.339 e. The smallest absolute Gasteiger partial charge is 0.339 e. The van der Waals surface area contributed by atoms with Crippen LogP contribution in [0.25, 0.3) is 0 Å². The molecule has 0 spiro atoms. The van der Waals surface area contributed by atoms with Crippen LogP contribution in [0.4, 0.5) is 0 Å².